The highest BCUT2D eigenvalue weighted by atomic mass is 19.1. The lowest BCUT2D eigenvalue weighted by Crippen LogP contribution is -2.48. The Bertz CT molecular complexity index is 497. The van der Waals surface area contributed by atoms with Gasteiger partial charge >= 0.3 is 0 Å². The lowest BCUT2D eigenvalue weighted by atomic mass is 10.1. The highest BCUT2D eigenvalue weighted by Gasteiger charge is 2.28. The molecule has 1 aliphatic heterocycles. The van der Waals surface area contributed by atoms with E-state index >= 15 is 0 Å². The smallest absolute Gasteiger partial charge is 0.256 e. The molecule has 1 heterocycles. The van der Waals surface area contributed by atoms with E-state index in [0.717, 1.165) is 6.42 Å². The van der Waals surface area contributed by atoms with Crippen LogP contribution in [0.4, 0.5) is 10.1 Å². The number of rotatable bonds is 4. The number of ether oxygens (including phenoxy) is 1. The highest BCUT2D eigenvalue weighted by molar-refractivity contribution is 5.99. The number of nitrogens with one attached hydrogen (secondary N) is 1. The fourth-order valence-corrected chi connectivity index (χ4v) is 2.65. The molecule has 0 saturated carbocycles. The van der Waals surface area contributed by atoms with E-state index in [-0.39, 0.29) is 23.9 Å². The van der Waals surface area contributed by atoms with Crippen molar-refractivity contribution in [1.82, 2.24) is 4.90 Å². The summed E-state index contributed by atoms with van der Waals surface area (Å²) in [5.41, 5.74) is 0.695. The molecule has 1 aromatic carbocycles. The standard InChI is InChI=1S/C16H23FN2O2/c1-4-8-18-15-13(6-5-7-14(15)17)16(20)19-9-11(2)21-12(3)10-19/h5-7,11-12,18H,4,8-10H2,1-3H3/t11-,12+. The summed E-state index contributed by atoms with van der Waals surface area (Å²) in [6.45, 7) is 7.59. The predicted molar refractivity (Wildman–Crippen MR) is 81.1 cm³/mol. The Kier molecular flexibility index (Phi) is 5.17. The van der Waals surface area contributed by atoms with Crippen LogP contribution in [0.3, 0.4) is 0 Å². The summed E-state index contributed by atoms with van der Waals surface area (Å²) in [7, 11) is 0. The van der Waals surface area contributed by atoms with Crippen molar-refractivity contribution in [3.05, 3.63) is 29.6 Å². The summed E-state index contributed by atoms with van der Waals surface area (Å²) in [6.07, 6.45) is 0.866. The molecule has 2 rings (SSSR count). The van der Waals surface area contributed by atoms with E-state index in [1.54, 1.807) is 17.0 Å². The van der Waals surface area contributed by atoms with Crippen LogP contribution < -0.4 is 5.32 Å². The molecule has 4 nitrogen and oxygen atoms in total. The van der Waals surface area contributed by atoms with Gasteiger partial charge in [-0.15, -0.1) is 0 Å². The van der Waals surface area contributed by atoms with Gasteiger partial charge in [-0.25, -0.2) is 4.39 Å². The molecule has 1 amide bonds. The zero-order valence-corrected chi connectivity index (χ0v) is 12.9. The first-order chi connectivity index (χ1) is 10.0. The van der Waals surface area contributed by atoms with Crippen molar-refractivity contribution in [3.63, 3.8) is 0 Å². The van der Waals surface area contributed by atoms with E-state index in [1.807, 2.05) is 20.8 Å². The Morgan fingerprint density at radius 3 is 2.67 bits per heavy atom. The van der Waals surface area contributed by atoms with E-state index in [0.29, 0.717) is 30.9 Å². The number of nitrogens with zero attached hydrogens (tertiary/aromatic N) is 1. The van der Waals surface area contributed by atoms with Crippen LogP contribution in [0.2, 0.25) is 0 Å². The minimum atomic E-state index is -0.386. The van der Waals surface area contributed by atoms with Crippen LogP contribution in [0.1, 0.15) is 37.6 Å². The summed E-state index contributed by atoms with van der Waals surface area (Å²) < 4.78 is 19.6. The van der Waals surface area contributed by atoms with Crippen molar-refractivity contribution in [2.24, 2.45) is 0 Å². The monoisotopic (exact) mass is 294 g/mol. The van der Waals surface area contributed by atoms with Gasteiger partial charge in [0.05, 0.1) is 23.5 Å². The van der Waals surface area contributed by atoms with E-state index < -0.39 is 0 Å². The van der Waals surface area contributed by atoms with Crippen molar-refractivity contribution in [1.29, 1.82) is 0 Å². The number of carbonyl (C=O) groups is 1. The number of para-hydroxylation sites is 1. The van der Waals surface area contributed by atoms with E-state index in [4.69, 9.17) is 4.74 Å². The van der Waals surface area contributed by atoms with E-state index in [9.17, 15) is 9.18 Å². The van der Waals surface area contributed by atoms with Crippen LogP contribution in [-0.2, 0) is 4.74 Å². The fourth-order valence-electron chi connectivity index (χ4n) is 2.65. The Morgan fingerprint density at radius 1 is 1.38 bits per heavy atom. The maximum Gasteiger partial charge on any atom is 0.256 e. The minimum absolute atomic E-state index is 0.00156. The highest BCUT2D eigenvalue weighted by Crippen LogP contribution is 2.23. The van der Waals surface area contributed by atoms with Gasteiger partial charge < -0.3 is 15.0 Å². The largest absolute Gasteiger partial charge is 0.382 e. The number of benzene rings is 1. The zero-order chi connectivity index (χ0) is 15.4. The molecule has 1 N–H and O–H groups in total. The Morgan fingerprint density at radius 2 is 2.05 bits per heavy atom. The molecule has 0 spiro atoms. The number of hydrogen-bond acceptors (Lipinski definition) is 3. The number of anilines is 1. The maximum atomic E-state index is 14.0. The predicted octanol–water partition coefficient (Wildman–Crippen LogP) is 2.90. The quantitative estimate of drug-likeness (QED) is 0.928. The molecular formula is C16H23FN2O2. The van der Waals surface area contributed by atoms with Crippen LogP contribution in [0, 0.1) is 5.82 Å². The lowest BCUT2D eigenvalue weighted by molar-refractivity contribution is -0.0586. The first-order valence-corrected chi connectivity index (χ1v) is 7.50. The Hall–Kier alpha value is -1.62. The first-order valence-electron chi connectivity index (χ1n) is 7.50. The van der Waals surface area contributed by atoms with Gasteiger partial charge in [-0.1, -0.05) is 13.0 Å². The van der Waals surface area contributed by atoms with Crippen molar-refractivity contribution in [2.45, 2.75) is 39.4 Å². The second kappa shape index (κ2) is 6.89. The normalized spacial score (nSPS) is 22.2. The van der Waals surface area contributed by atoms with Gasteiger partial charge in [-0.05, 0) is 32.4 Å². The number of halogens is 1. The Balaban J connectivity index is 2.24. The first kappa shape index (κ1) is 15.8. The molecule has 0 bridgehead atoms. The number of hydrogen-bond donors (Lipinski definition) is 1. The minimum Gasteiger partial charge on any atom is -0.382 e. The topological polar surface area (TPSA) is 41.6 Å². The third kappa shape index (κ3) is 3.73. The summed E-state index contributed by atoms with van der Waals surface area (Å²) in [6, 6.07) is 4.63. The molecule has 0 unspecified atom stereocenters. The van der Waals surface area contributed by atoms with Crippen LogP contribution in [0.5, 0.6) is 0 Å². The molecule has 1 fully saturated rings. The molecule has 0 aromatic heterocycles. The van der Waals surface area contributed by atoms with E-state index in [2.05, 4.69) is 5.32 Å². The van der Waals surface area contributed by atoms with Crippen LogP contribution >= 0.6 is 0 Å². The average molecular weight is 294 g/mol. The van der Waals surface area contributed by atoms with Gasteiger partial charge in [0.1, 0.15) is 5.82 Å². The molecule has 1 aromatic rings. The summed E-state index contributed by atoms with van der Waals surface area (Å²) >= 11 is 0. The molecule has 0 aliphatic carbocycles. The number of amides is 1. The average Bonchev–Trinajstić information content (AvgIpc) is 2.44. The SMILES string of the molecule is CCCNc1c(F)cccc1C(=O)N1C[C@@H](C)O[C@@H](C)C1. The zero-order valence-electron chi connectivity index (χ0n) is 12.9. The molecule has 2 atom stereocenters. The van der Waals surface area contributed by atoms with Crippen LogP contribution in [0.25, 0.3) is 0 Å². The third-order valence-corrected chi connectivity index (χ3v) is 3.50. The molecule has 116 valence electrons. The van der Waals surface area contributed by atoms with Crippen LogP contribution in [-0.4, -0.2) is 42.6 Å². The lowest BCUT2D eigenvalue weighted by Gasteiger charge is -2.35. The molecular weight excluding hydrogens is 271 g/mol. The number of carbonyl (C=O) groups excluding carboxylic acids is 1. The van der Waals surface area contributed by atoms with Crippen LogP contribution in [0.15, 0.2) is 18.2 Å². The van der Waals surface area contributed by atoms with Gasteiger partial charge in [0.2, 0.25) is 0 Å². The number of morpholine rings is 1. The summed E-state index contributed by atoms with van der Waals surface area (Å²) in [4.78, 5) is 14.4. The Labute approximate surface area is 125 Å². The van der Waals surface area contributed by atoms with Gasteiger partial charge in [-0.2, -0.15) is 0 Å². The summed E-state index contributed by atoms with van der Waals surface area (Å²) in [5, 5.41) is 3.02. The van der Waals surface area contributed by atoms with Crippen molar-refractivity contribution >= 4 is 11.6 Å². The van der Waals surface area contributed by atoms with Gasteiger partial charge in [-0.3, -0.25) is 4.79 Å². The maximum absolute atomic E-state index is 14.0. The fraction of sp³-hybridized carbons (Fsp3) is 0.562. The van der Waals surface area contributed by atoms with Gasteiger partial charge in [0, 0.05) is 19.6 Å². The van der Waals surface area contributed by atoms with Crippen molar-refractivity contribution in [2.75, 3.05) is 25.0 Å². The molecule has 5 heteroatoms. The van der Waals surface area contributed by atoms with E-state index in [1.165, 1.54) is 6.07 Å². The second-order valence-electron chi connectivity index (χ2n) is 5.56. The van der Waals surface area contributed by atoms with Gasteiger partial charge in [0.15, 0.2) is 0 Å². The van der Waals surface area contributed by atoms with Crippen molar-refractivity contribution in [3.8, 4) is 0 Å². The van der Waals surface area contributed by atoms with Gasteiger partial charge in [0.25, 0.3) is 5.91 Å². The third-order valence-electron chi connectivity index (χ3n) is 3.50. The molecule has 1 aliphatic rings. The van der Waals surface area contributed by atoms with Crippen molar-refractivity contribution < 1.29 is 13.9 Å². The summed E-state index contributed by atoms with van der Waals surface area (Å²) in [5.74, 6) is -0.529. The molecule has 21 heavy (non-hydrogen) atoms. The second-order valence-corrected chi connectivity index (χ2v) is 5.56. The molecule has 0 radical (unpaired) electrons. The molecule has 1 saturated heterocycles.